The van der Waals surface area contributed by atoms with E-state index in [1.54, 1.807) is 12.1 Å². The minimum atomic E-state index is -0.239. The van der Waals surface area contributed by atoms with E-state index in [1.807, 2.05) is 0 Å². The molecule has 0 atom stereocenters. The molecule has 2 rings (SSSR count). The minimum Gasteiger partial charge on any atom is -0.355 e. The van der Waals surface area contributed by atoms with Gasteiger partial charge >= 0.3 is 0 Å². The normalized spacial score (nSPS) is 11.8. The maximum absolute atomic E-state index is 13.5. The van der Waals surface area contributed by atoms with Gasteiger partial charge in [-0.05, 0) is 24.3 Å². The molecule has 0 aliphatic carbocycles. The number of hydrogen-bond donors (Lipinski definition) is 1. The van der Waals surface area contributed by atoms with Crippen molar-refractivity contribution in [2.75, 3.05) is 6.54 Å². The number of hydrogen-bond acceptors (Lipinski definition) is 1. The van der Waals surface area contributed by atoms with E-state index in [0.29, 0.717) is 13.1 Å². The van der Waals surface area contributed by atoms with E-state index in [-0.39, 0.29) is 17.1 Å². The number of amides is 1. The number of rotatable bonds is 3. The summed E-state index contributed by atoms with van der Waals surface area (Å²) in [6.07, 6.45) is 0. The molecule has 0 bridgehead atoms. The SMILES string of the molecule is CC(=O)NCCn1c(C(C)(C)C)cc2ccc(F)cc21. The molecule has 0 unspecified atom stereocenters. The Hall–Kier alpha value is -1.84. The van der Waals surface area contributed by atoms with Gasteiger partial charge in [-0.2, -0.15) is 0 Å². The van der Waals surface area contributed by atoms with E-state index in [4.69, 9.17) is 0 Å². The van der Waals surface area contributed by atoms with Crippen molar-refractivity contribution < 1.29 is 9.18 Å². The Balaban J connectivity index is 2.46. The minimum absolute atomic E-state index is 0.0360. The van der Waals surface area contributed by atoms with Crippen LogP contribution >= 0.6 is 0 Å². The molecule has 1 amide bonds. The lowest BCUT2D eigenvalue weighted by atomic mass is 9.92. The van der Waals surface area contributed by atoms with Gasteiger partial charge in [-0.3, -0.25) is 4.79 Å². The maximum Gasteiger partial charge on any atom is 0.216 e. The molecule has 0 radical (unpaired) electrons. The molecule has 20 heavy (non-hydrogen) atoms. The first-order chi connectivity index (χ1) is 9.29. The third kappa shape index (κ3) is 3.00. The largest absolute Gasteiger partial charge is 0.355 e. The van der Waals surface area contributed by atoms with Gasteiger partial charge in [-0.25, -0.2) is 4.39 Å². The monoisotopic (exact) mass is 276 g/mol. The van der Waals surface area contributed by atoms with Gasteiger partial charge in [-0.1, -0.05) is 20.8 Å². The van der Waals surface area contributed by atoms with Crippen molar-refractivity contribution in [3.05, 3.63) is 35.8 Å². The second-order valence-electron chi connectivity index (χ2n) is 6.12. The van der Waals surface area contributed by atoms with E-state index in [9.17, 15) is 9.18 Å². The number of carbonyl (C=O) groups is 1. The smallest absolute Gasteiger partial charge is 0.216 e. The molecule has 0 fully saturated rings. The second-order valence-corrected chi connectivity index (χ2v) is 6.12. The zero-order valence-corrected chi connectivity index (χ0v) is 12.5. The van der Waals surface area contributed by atoms with Crippen LogP contribution in [0.1, 0.15) is 33.4 Å². The van der Waals surface area contributed by atoms with Crippen LogP contribution in [0.25, 0.3) is 10.9 Å². The Morgan fingerprint density at radius 3 is 2.60 bits per heavy atom. The standard InChI is InChI=1S/C16H21FN2O/c1-11(20)18-7-8-19-14-10-13(17)6-5-12(14)9-15(19)16(2,3)4/h5-6,9-10H,7-8H2,1-4H3,(H,18,20). The lowest BCUT2D eigenvalue weighted by molar-refractivity contribution is -0.118. The second kappa shape index (κ2) is 5.27. The van der Waals surface area contributed by atoms with Gasteiger partial charge in [0, 0.05) is 36.5 Å². The summed E-state index contributed by atoms with van der Waals surface area (Å²) in [6.45, 7) is 9.07. The van der Waals surface area contributed by atoms with Crippen LogP contribution < -0.4 is 5.32 Å². The molecule has 1 heterocycles. The highest BCUT2D eigenvalue weighted by Gasteiger charge is 2.20. The summed E-state index contributed by atoms with van der Waals surface area (Å²) in [5.74, 6) is -0.290. The van der Waals surface area contributed by atoms with E-state index in [0.717, 1.165) is 16.6 Å². The summed E-state index contributed by atoms with van der Waals surface area (Å²) in [5, 5.41) is 3.82. The molecular formula is C16H21FN2O. The molecule has 1 aromatic carbocycles. The van der Waals surface area contributed by atoms with E-state index >= 15 is 0 Å². The molecule has 4 heteroatoms. The molecule has 2 aromatic rings. The number of benzene rings is 1. The van der Waals surface area contributed by atoms with Gasteiger partial charge in [0.15, 0.2) is 0 Å². The van der Waals surface area contributed by atoms with Crippen LogP contribution in [0.2, 0.25) is 0 Å². The van der Waals surface area contributed by atoms with Crippen molar-refractivity contribution in [1.82, 2.24) is 9.88 Å². The lowest BCUT2D eigenvalue weighted by Crippen LogP contribution is -2.26. The Labute approximate surface area is 118 Å². The van der Waals surface area contributed by atoms with Crippen molar-refractivity contribution in [3.8, 4) is 0 Å². The van der Waals surface area contributed by atoms with Gasteiger partial charge < -0.3 is 9.88 Å². The Bertz CT molecular complexity index is 638. The predicted molar refractivity (Wildman–Crippen MR) is 79.3 cm³/mol. The average Bonchev–Trinajstić information content (AvgIpc) is 2.67. The molecule has 0 spiro atoms. The lowest BCUT2D eigenvalue weighted by Gasteiger charge is -2.22. The fraction of sp³-hybridized carbons (Fsp3) is 0.438. The number of nitrogens with one attached hydrogen (secondary N) is 1. The number of nitrogens with zero attached hydrogens (tertiary/aromatic N) is 1. The van der Waals surface area contributed by atoms with Crippen LogP contribution in [-0.2, 0) is 16.8 Å². The van der Waals surface area contributed by atoms with Crippen molar-refractivity contribution in [2.45, 2.75) is 39.7 Å². The van der Waals surface area contributed by atoms with E-state index in [2.05, 4.69) is 36.7 Å². The number of fused-ring (bicyclic) bond motifs is 1. The molecule has 3 nitrogen and oxygen atoms in total. The molecule has 0 aliphatic rings. The fourth-order valence-corrected chi connectivity index (χ4v) is 2.43. The van der Waals surface area contributed by atoms with Crippen LogP contribution in [0.5, 0.6) is 0 Å². The Morgan fingerprint density at radius 2 is 2.00 bits per heavy atom. The summed E-state index contributed by atoms with van der Waals surface area (Å²) in [7, 11) is 0. The van der Waals surface area contributed by atoms with Gasteiger partial charge in [0.25, 0.3) is 0 Å². The fourth-order valence-electron chi connectivity index (χ4n) is 2.43. The topological polar surface area (TPSA) is 34.0 Å². The van der Waals surface area contributed by atoms with E-state index < -0.39 is 0 Å². The van der Waals surface area contributed by atoms with Crippen LogP contribution in [0.4, 0.5) is 4.39 Å². The highest BCUT2D eigenvalue weighted by atomic mass is 19.1. The zero-order valence-electron chi connectivity index (χ0n) is 12.5. The van der Waals surface area contributed by atoms with Crippen LogP contribution in [0, 0.1) is 5.82 Å². The molecule has 0 saturated carbocycles. The van der Waals surface area contributed by atoms with E-state index in [1.165, 1.54) is 13.0 Å². The van der Waals surface area contributed by atoms with Gasteiger partial charge in [0.05, 0.1) is 5.52 Å². The van der Waals surface area contributed by atoms with Crippen LogP contribution in [-0.4, -0.2) is 17.0 Å². The van der Waals surface area contributed by atoms with Crippen molar-refractivity contribution in [3.63, 3.8) is 0 Å². The van der Waals surface area contributed by atoms with Crippen LogP contribution in [0.3, 0.4) is 0 Å². The highest BCUT2D eigenvalue weighted by Crippen LogP contribution is 2.29. The number of aromatic nitrogens is 1. The molecule has 1 aromatic heterocycles. The van der Waals surface area contributed by atoms with Gasteiger partial charge in [-0.15, -0.1) is 0 Å². The third-order valence-electron chi connectivity index (χ3n) is 3.34. The Morgan fingerprint density at radius 1 is 1.30 bits per heavy atom. The van der Waals surface area contributed by atoms with Crippen molar-refractivity contribution >= 4 is 16.8 Å². The zero-order chi connectivity index (χ0) is 14.9. The van der Waals surface area contributed by atoms with Gasteiger partial charge in [0.2, 0.25) is 5.91 Å². The summed E-state index contributed by atoms with van der Waals surface area (Å²) in [6, 6.07) is 6.93. The predicted octanol–water partition coefficient (Wildman–Crippen LogP) is 3.21. The molecule has 0 saturated heterocycles. The summed E-state index contributed by atoms with van der Waals surface area (Å²) >= 11 is 0. The number of halogens is 1. The summed E-state index contributed by atoms with van der Waals surface area (Å²) in [4.78, 5) is 11.0. The first-order valence-electron chi connectivity index (χ1n) is 6.83. The molecule has 0 aliphatic heterocycles. The average molecular weight is 276 g/mol. The molecule has 108 valence electrons. The third-order valence-corrected chi connectivity index (χ3v) is 3.34. The van der Waals surface area contributed by atoms with Gasteiger partial charge in [0.1, 0.15) is 5.82 Å². The number of carbonyl (C=O) groups excluding carboxylic acids is 1. The molecule has 1 N–H and O–H groups in total. The highest BCUT2D eigenvalue weighted by molar-refractivity contribution is 5.82. The molecular weight excluding hydrogens is 255 g/mol. The Kier molecular flexibility index (Phi) is 3.84. The van der Waals surface area contributed by atoms with Crippen LogP contribution in [0.15, 0.2) is 24.3 Å². The maximum atomic E-state index is 13.5. The summed E-state index contributed by atoms with van der Waals surface area (Å²) in [5.41, 5.74) is 1.98. The summed E-state index contributed by atoms with van der Waals surface area (Å²) < 4.78 is 15.6. The first kappa shape index (κ1) is 14.6. The quantitative estimate of drug-likeness (QED) is 0.917. The first-order valence-corrected chi connectivity index (χ1v) is 6.83. The van der Waals surface area contributed by atoms with Crippen molar-refractivity contribution in [2.24, 2.45) is 0 Å². The van der Waals surface area contributed by atoms with Crippen molar-refractivity contribution in [1.29, 1.82) is 0 Å².